The van der Waals surface area contributed by atoms with Crippen molar-refractivity contribution in [3.8, 4) is 0 Å². The molecule has 0 atom stereocenters. The van der Waals surface area contributed by atoms with E-state index in [1.807, 2.05) is 30.5 Å². The van der Waals surface area contributed by atoms with Crippen molar-refractivity contribution in [2.45, 2.75) is 29.6 Å². The maximum atomic E-state index is 13.6. The van der Waals surface area contributed by atoms with Gasteiger partial charge in [0.25, 0.3) is 0 Å². The molecule has 1 aromatic heterocycles. The Morgan fingerprint density at radius 3 is 2.45 bits per heavy atom. The normalized spacial score (nSPS) is 14.4. The zero-order valence-electron chi connectivity index (χ0n) is 17.6. The molecule has 1 heterocycles. The number of aromatic nitrogens is 1. The summed E-state index contributed by atoms with van der Waals surface area (Å²) >= 11 is 14.9. The summed E-state index contributed by atoms with van der Waals surface area (Å²) in [6.07, 6.45) is 3.78. The molecule has 0 unspecified atom stereocenters. The molecule has 4 nitrogen and oxygen atoms in total. The quantitative estimate of drug-likeness (QED) is 0.283. The predicted molar refractivity (Wildman–Crippen MR) is 131 cm³/mol. The van der Waals surface area contributed by atoms with Crippen molar-refractivity contribution in [2.75, 3.05) is 11.6 Å². The monoisotopic (exact) mass is 500 g/mol. The Kier molecular flexibility index (Phi) is 5.85. The van der Waals surface area contributed by atoms with Crippen LogP contribution in [0, 0.1) is 5.82 Å². The van der Waals surface area contributed by atoms with Crippen LogP contribution in [0.1, 0.15) is 29.9 Å². The fourth-order valence-electron chi connectivity index (χ4n) is 4.04. The third-order valence-corrected chi connectivity index (χ3v) is 7.18. The molecule has 168 valence electrons. The Hall–Kier alpha value is -2.54. The minimum absolute atomic E-state index is 0.158. The number of oxazole rings is 1. The highest BCUT2D eigenvalue weighted by Crippen LogP contribution is 2.57. The molecule has 1 fully saturated rings. The lowest BCUT2D eigenvalue weighted by Crippen LogP contribution is -2.15. The number of halogens is 3. The number of carbonyl (C=O) groups excluding carboxylic acids is 1. The van der Waals surface area contributed by atoms with Crippen molar-refractivity contribution in [2.24, 2.45) is 0 Å². The van der Waals surface area contributed by atoms with Gasteiger partial charge in [-0.15, -0.1) is 11.8 Å². The van der Waals surface area contributed by atoms with Gasteiger partial charge in [0.1, 0.15) is 11.3 Å². The lowest BCUT2D eigenvalue weighted by molar-refractivity contribution is -0.115. The molecular formula is C25H19Cl2FN2O2S. The number of rotatable bonds is 6. The van der Waals surface area contributed by atoms with Gasteiger partial charge >= 0.3 is 0 Å². The summed E-state index contributed by atoms with van der Waals surface area (Å²) in [6.45, 7) is 0. The number of amides is 1. The van der Waals surface area contributed by atoms with Gasteiger partial charge in [0.2, 0.25) is 11.8 Å². The number of anilines is 1. The van der Waals surface area contributed by atoms with Crippen molar-refractivity contribution >= 4 is 57.7 Å². The molecule has 5 rings (SSSR count). The van der Waals surface area contributed by atoms with Crippen LogP contribution < -0.4 is 5.32 Å². The average Bonchev–Trinajstić information content (AvgIpc) is 3.45. The second kappa shape index (κ2) is 8.67. The van der Waals surface area contributed by atoms with Crippen molar-refractivity contribution in [1.29, 1.82) is 0 Å². The maximum absolute atomic E-state index is 13.6. The zero-order valence-corrected chi connectivity index (χ0v) is 20.0. The van der Waals surface area contributed by atoms with Crippen LogP contribution in [0.4, 0.5) is 10.1 Å². The second-order valence-corrected chi connectivity index (χ2v) is 9.80. The van der Waals surface area contributed by atoms with Crippen molar-refractivity contribution in [3.63, 3.8) is 0 Å². The van der Waals surface area contributed by atoms with E-state index >= 15 is 0 Å². The Labute approximate surface area is 204 Å². The Bertz CT molecular complexity index is 1340. The molecule has 0 saturated heterocycles. The first-order valence-electron chi connectivity index (χ1n) is 10.4. The summed E-state index contributed by atoms with van der Waals surface area (Å²) in [6, 6.07) is 15.5. The van der Waals surface area contributed by atoms with E-state index in [1.165, 1.54) is 12.1 Å². The summed E-state index contributed by atoms with van der Waals surface area (Å²) in [5.41, 5.74) is 2.57. The maximum Gasteiger partial charge on any atom is 0.228 e. The smallest absolute Gasteiger partial charge is 0.228 e. The Morgan fingerprint density at radius 2 is 1.82 bits per heavy atom. The van der Waals surface area contributed by atoms with Gasteiger partial charge in [0.15, 0.2) is 5.58 Å². The first kappa shape index (κ1) is 22.3. The molecule has 1 saturated carbocycles. The molecule has 8 heteroatoms. The molecule has 33 heavy (non-hydrogen) atoms. The van der Waals surface area contributed by atoms with Crippen LogP contribution in [-0.2, 0) is 16.6 Å². The summed E-state index contributed by atoms with van der Waals surface area (Å²) in [5, 5.41) is 3.72. The van der Waals surface area contributed by atoms with E-state index in [0.717, 1.165) is 23.3 Å². The largest absolute Gasteiger partial charge is 0.440 e. The van der Waals surface area contributed by atoms with Gasteiger partial charge in [-0.1, -0.05) is 35.3 Å². The van der Waals surface area contributed by atoms with E-state index < -0.39 is 5.41 Å². The van der Waals surface area contributed by atoms with Crippen molar-refractivity contribution in [1.82, 2.24) is 4.98 Å². The first-order valence-corrected chi connectivity index (χ1v) is 12.3. The molecular weight excluding hydrogens is 482 g/mol. The topological polar surface area (TPSA) is 55.1 Å². The molecule has 0 spiro atoms. The lowest BCUT2D eigenvalue weighted by Gasteiger charge is -2.17. The molecule has 1 aliphatic rings. The number of fused-ring (bicyclic) bond motifs is 1. The molecule has 0 bridgehead atoms. The van der Waals surface area contributed by atoms with Gasteiger partial charge < -0.3 is 9.73 Å². The van der Waals surface area contributed by atoms with Crippen LogP contribution in [-0.4, -0.2) is 17.1 Å². The highest BCUT2D eigenvalue weighted by molar-refractivity contribution is 7.98. The summed E-state index contributed by atoms with van der Waals surface area (Å²) in [5.74, 6) is -0.0716. The van der Waals surface area contributed by atoms with Gasteiger partial charge in [-0.3, -0.25) is 4.79 Å². The van der Waals surface area contributed by atoms with Crippen molar-refractivity contribution < 1.29 is 13.6 Å². The highest BCUT2D eigenvalue weighted by atomic mass is 35.5. The molecule has 1 amide bonds. The van der Waals surface area contributed by atoms with Gasteiger partial charge in [-0.05, 0) is 61.1 Å². The van der Waals surface area contributed by atoms with Crippen LogP contribution in [0.15, 0.2) is 63.9 Å². The standard InChI is InChI=1S/C25H19Cl2FN2O2S/c1-33-17-5-2-14(3-6-17)10-22(31)29-16-12-18(26)23(19(27)13-16)25(8-9-25)24-30-20-7-4-15(28)11-21(20)32-24/h2-7,11-13H,8-10H2,1H3,(H,29,31). The Morgan fingerprint density at radius 1 is 1.12 bits per heavy atom. The van der Waals surface area contributed by atoms with E-state index in [1.54, 1.807) is 30.0 Å². The van der Waals surface area contributed by atoms with E-state index in [0.29, 0.717) is 38.3 Å². The Balaban J connectivity index is 1.38. The summed E-state index contributed by atoms with van der Waals surface area (Å²) in [7, 11) is 0. The predicted octanol–water partition coefficient (Wildman–Crippen LogP) is 7.26. The molecule has 3 aromatic carbocycles. The van der Waals surface area contributed by atoms with E-state index in [4.69, 9.17) is 27.6 Å². The molecule has 0 aliphatic heterocycles. The molecule has 1 aliphatic carbocycles. The van der Waals surface area contributed by atoms with Gasteiger partial charge in [-0.25, -0.2) is 9.37 Å². The second-order valence-electron chi connectivity index (χ2n) is 8.10. The fraction of sp³-hybridized carbons (Fsp3) is 0.200. The number of nitrogens with one attached hydrogen (secondary N) is 1. The van der Waals surface area contributed by atoms with Crippen LogP contribution in [0.25, 0.3) is 11.1 Å². The van der Waals surface area contributed by atoms with Crippen LogP contribution in [0.3, 0.4) is 0 Å². The number of hydrogen-bond donors (Lipinski definition) is 1. The van der Waals surface area contributed by atoms with Crippen LogP contribution >= 0.6 is 35.0 Å². The minimum atomic E-state index is -0.550. The summed E-state index contributed by atoms with van der Waals surface area (Å²) in [4.78, 5) is 18.2. The molecule has 1 N–H and O–H groups in total. The van der Waals surface area contributed by atoms with E-state index in [-0.39, 0.29) is 18.1 Å². The molecule has 4 aromatic rings. The van der Waals surface area contributed by atoms with Gasteiger partial charge in [-0.2, -0.15) is 0 Å². The third-order valence-electron chi connectivity index (χ3n) is 5.84. The van der Waals surface area contributed by atoms with Crippen LogP contribution in [0.2, 0.25) is 10.0 Å². The number of nitrogens with zero attached hydrogens (tertiary/aromatic N) is 1. The molecule has 0 radical (unpaired) electrons. The van der Waals surface area contributed by atoms with Gasteiger partial charge in [0, 0.05) is 32.3 Å². The highest BCUT2D eigenvalue weighted by Gasteiger charge is 2.52. The SMILES string of the molecule is CSc1ccc(CC(=O)Nc2cc(Cl)c(C3(c4nc5ccc(F)cc5o4)CC3)c(Cl)c2)cc1. The van der Waals surface area contributed by atoms with Crippen molar-refractivity contribution in [3.05, 3.63) is 87.5 Å². The average molecular weight is 501 g/mol. The van der Waals surface area contributed by atoms with Crippen LogP contribution in [0.5, 0.6) is 0 Å². The fourth-order valence-corrected chi connectivity index (χ4v) is 5.29. The number of carbonyl (C=O) groups is 1. The van der Waals surface area contributed by atoms with E-state index in [9.17, 15) is 9.18 Å². The third kappa shape index (κ3) is 4.35. The van der Waals surface area contributed by atoms with E-state index in [2.05, 4.69) is 10.3 Å². The van der Waals surface area contributed by atoms with Gasteiger partial charge in [0.05, 0.1) is 11.8 Å². The lowest BCUT2D eigenvalue weighted by atomic mass is 9.95. The minimum Gasteiger partial charge on any atom is -0.440 e. The summed E-state index contributed by atoms with van der Waals surface area (Å²) < 4.78 is 19.4. The zero-order chi connectivity index (χ0) is 23.2. The first-order chi connectivity index (χ1) is 15.9. The number of thioether (sulfide) groups is 1. The number of hydrogen-bond acceptors (Lipinski definition) is 4. The number of benzene rings is 3.